The summed E-state index contributed by atoms with van der Waals surface area (Å²) in [5, 5.41) is 16.6. The van der Waals surface area contributed by atoms with Crippen molar-refractivity contribution in [3.8, 4) is 0 Å². The summed E-state index contributed by atoms with van der Waals surface area (Å²) in [5.41, 5.74) is 0.804. The first-order valence-electron chi connectivity index (χ1n) is 7.37. The number of oxime groups is 1. The summed E-state index contributed by atoms with van der Waals surface area (Å²) in [6.07, 6.45) is 5.95. The lowest BCUT2D eigenvalue weighted by Gasteiger charge is -2.36. The molecule has 5 nitrogen and oxygen atoms in total. The molecule has 0 amide bonds. The zero-order valence-corrected chi connectivity index (χ0v) is 12.0. The van der Waals surface area contributed by atoms with Gasteiger partial charge >= 0.3 is 0 Å². The van der Waals surface area contributed by atoms with Crippen molar-refractivity contribution in [3.05, 3.63) is 48.3 Å². The molecule has 0 saturated carbocycles. The number of piperidine rings is 1. The Bertz CT molecular complexity index is 575. The van der Waals surface area contributed by atoms with Crippen LogP contribution in [0.5, 0.6) is 0 Å². The molecular weight excluding hydrogens is 268 g/mol. The Labute approximate surface area is 123 Å². The third-order valence-corrected chi connectivity index (χ3v) is 4.09. The average molecular weight is 288 g/mol. The van der Waals surface area contributed by atoms with Gasteiger partial charge in [0.1, 0.15) is 11.5 Å². The van der Waals surface area contributed by atoms with E-state index >= 15 is 0 Å². The van der Waals surface area contributed by atoms with Gasteiger partial charge in [-0.25, -0.2) is 0 Å². The van der Waals surface area contributed by atoms with Crippen LogP contribution in [-0.2, 0) is 0 Å². The zero-order chi connectivity index (χ0) is 14.7. The van der Waals surface area contributed by atoms with Crippen LogP contribution in [0.15, 0.2) is 50.8 Å². The summed E-state index contributed by atoms with van der Waals surface area (Å²) >= 11 is 0. The maximum absolute atomic E-state index is 9.42. The molecule has 1 aliphatic heterocycles. The molecule has 2 aromatic rings. The van der Waals surface area contributed by atoms with Gasteiger partial charge in [0.25, 0.3) is 0 Å². The maximum atomic E-state index is 9.42. The van der Waals surface area contributed by atoms with E-state index in [0.717, 1.165) is 30.1 Å². The predicted octanol–water partition coefficient (Wildman–Crippen LogP) is 3.89. The van der Waals surface area contributed by atoms with Crippen molar-refractivity contribution in [2.24, 2.45) is 11.1 Å². The number of nitrogens with one attached hydrogen (secondary N) is 1. The molecule has 0 aromatic carbocycles. The van der Waals surface area contributed by atoms with Crippen LogP contribution in [0.1, 0.15) is 49.8 Å². The minimum absolute atomic E-state index is 0.00491. The van der Waals surface area contributed by atoms with E-state index in [4.69, 9.17) is 8.83 Å². The van der Waals surface area contributed by atoms with Gasteiger partial charge in [0.15, 0.2) is 0 Å². The fraction of sp³-hybridized carbons (Fsp3) is 0.438. The standard InChI is InChI=1S/C16H20N2O3/c1-2-5-11-12(18-19)10-13(14-6-3-8-20-14)17-16(11)15-7-4-9-21-15/h3-4,6-9,11,13,16-17,19H,2,5,10H2,1H3/b18-12+/t11-,13+,16-/m1/s1. The van der Waals surface area contributed by atoms with Gasteiger partial charge in [-0.2, -0.15) is 0 Å². The second kappa shape index (κ2) is 6.18. The molecule has 0 spiro atoms. The van der Waals surface area contributed by atoms with Crippen molar-refractivity contribution in [2.75, 3.05) is 0 Å². The van der Waals surface area contributed by atoms with E-state index in [2.05, 4.69) is 17.4 Å². The molecule has 112 valence electrons. The Kier molecular flexibility index (Phi) is 4.10. The fourth-order valence-corrected chi connectivity index (χ4v) is 3.12. The highest BCUT2D eigenvalue weighted by Crippen LogP contribution is 2.38. The largest absolute Gasteiger partial charge is 0.468 e. The third-order valence-electron chi connectivity index (χ3n) is 4.09. The van der Waals surface area contributed by atoms with Crippen LogP contribution in [0.4, 0.5) is 0 Å². The Morgan fingerprint density at radius 1 is 1.24 bits per heavy atom. The molecule has 0 unspecified atom stereocenters. The van der Waals surface area contributed by atoms with Gasteiger partial charge in [0.2, 0.25) is 0 Å². The lowest BCUT2D eigenvalue weighted by molar-refractivity contribution is 0.253. The highest BCUT2D eigenvalue weighted by atomic mass is 16.4. The van der Waals surface area contributed by atoms with Crippen LogP contribution in [0.2, 0.25) is 0 Å². The molecule has 1 aliphatic rings. The highest BCUT2D eigenvalue weighted by Gasteiger charge is 2.38. The van der Waals surface area contributed by atoms with E-state index < -0.39 is 0 Å². The van der Waals surface area contributed by atoms with E-state index in [1.807, 2.05) is 24.3 Å². The predicted molar refractivity (Wildman–Crippen MR) is 78.3 cm³/mol. The van der Waals surface area contributed by atoms with Crippen molar-refractivity contribution >= 4 is 5.71 Å². The Morgan fingerprint density at radius 2 is 1.95 bits per heavy atom. The lowest BCUT2D eigenvalue weighted by Crippen LogP contribution is -2.42. The number of hydrogen-bond acceptors (Lipinski definition) is 5. The first-order chi connectivity index (χ1) is 10.3. The third kappa shape index (κ3) is 2.74. The van der Waals surface area contributed by atoms with Crippen molar-refractivity contribution in [2.45, 2.75) is 38.3 Å². The molecule has 1 fully saturated rings. The maximum Gasteiger partial charge on any atom is 0.121 e. The quantitative estimate of drug-likeness (QED) is 0.661. The monoisotopic (exact) mass is 288 g/mol. The lowest BCUT2D eigenvalue weighted by atomic mass is 9.81. The van der Waals surface area contributed by atoms with Gasteiger partial charge in [0.05, 0.1) is 30.3 Å². The molecule has 2 aromatic heterocycles. The summed E-state index contributed by atoms with van der Waals surface area (Å²) in [5.74, 6) is 1.85. The second-order valence-corrected chi connectivity index (χ2v) is 5.42. The summed E-state index contributed by atoms with van der Waals surface area (Å²) in [7, 11) is 0. The highest BCUT2D eigenvalue weighted by molar-refractivity contribution is 5.88. The molecule has 0 bridgehead atoms. The molecule has 3 rings (SSSR count). The van der Waals surface area contributed by atoms with Crippen LogP contribution in [0.25, 0.3) is 0 Å². The summed E-state index contributed by atoms with van der Waals surface area (Å²) in [6, 6.07) is 7.63. The Morgan fingerprint density at radius 3 is 2.52 bits per heavy atom. The average Bonchev–Trinajstić information content (AvgIpc) is 3.21. The Hall–Kier alpha value is -2.01. The molecule has 21 heavy (non-hydrogen) atoms. The number of rotatable bonds is 4. The zero-order valence-electron chi connectivity index (χ0n) is 12.0. The van der Waals surface area contributed by atoms with Crippen molar-refractivity contribution in [1.82, 2.24) is 5.32 Å². The molecule has 3 heterocycles. The van der Waals surface area contributed by atoms with E-state index in [-0.39, 0.29) is 18.0 Å². The van der Waals surface area contributed by atoms with Gasteiger partial charge in [0, 0.05) is 12.3 Å². The molecule has 0 aliphatic carbocycles. The molecular formula is C16H20N2O3. The van der Waals surface area contributed by atoms with Crippen LogP contribution < -0.4 is 5.32 Å². The number of hydrogen-bond donors (Lipinski definition) is 2. The first-order valence-corrected chi connectivity index (χ1v) is 7.37. The molecule has 2 N–H and O–H groups in total. The summed E-state index contributed by atoms with van der Waals surface area (Å²) < 4.78 is 11.1. The van der Waals surface area contributed by atoms with E-state index in [1.54, 1.807) is 12.5 Å². The van der Waals surface area contributed by atoms with Gasteiger partial charge < -0.3 is 14.0 Å². The van der Waals surface area contributed by atoms with Gasteiger partial charge in [-0.3, -0.25) is 5.32 Å². The normalized spacial score (nSPS) is 28.0. The topological polar surface area (TPSA) is 70.9 Å². The molecule has 3 atom stereocenters. The second-order valence-electron chi connectivity index (χ2n) is 5.42. The summed E-state index contributed by atoms with van der Waals surface area (Å²) in [4.78, 5) is 0. The van der Waals surface area contributed by atoms with E-state index in [1.165, 1.54) is 0 Å². The van der Waals surface area contributed by atoms with Crippen molar-refractivity contribution in [3.63, 3.8) is 0 Å². The summed E-state index contributed by atoms with van der Waals surface area (Å²) in [6.45, 7) is 2.13. The van der Waals surface area contributed by atoms with Crippen molar-refractivity contribution in [1.29, 1.82) is 0 Å². The van der Waals surface area contributed by atoms with Crippen LogP contribution in [0, 0.1) is 5.92 Å². The van der Waals surface area contributed by atoms with Gasteiger partial charge in [-0.15, -0.1) is 0 Å². The molecule has 0 radical (unpaired) electrons. The van der Waals surface area contributed by atoms with E-state index in [9.17, 15) is 5.21 Å². The smallest absolute Gasteiger partial charge is 0.121 e. The van der Waals surface area contributed by atoms with Gasteiger partial charge in [-0.05, 0) is 30.7 Å². The van der Waals surface area contributed by atoms with Crippen molar-refractivity contribution < 1.29 is 14.0 Å². The Balaban J connectivity index is 1.92. The first kappa shape index (κ1) is 13.9. The van der Waals surface area contributed by atoms with E-state index in [0.29, 0.717) is 6.42 Å². The molecule has 5 heteroatoms. The number of nitrogens with zero attached hydrogens (tertiary/aromatic N) is 1. The van der Waals surface area contributed by atoms with Crippen LogP contribution in [0.3, 0.4) is 0 Å². The minimum Gasteiger partial charge on any atom is -0.468 e. The van der Waals surface area contributed by atoms with Crippen LogP contribution in [-0.4, -0.2) is 10.9 Å². The number of furan rings is 2. The van der Waals surface area contributed by atoms with Crippen LogP contribution >= 0.6 is 0 Å². The molecule has 1 saturated heterocycles. The van der Waals surface area contributed by atoms with Gasteiger partial charge in [-0.1, -0.05) is 18.5 Å². The minimum atomic E-state index is -0.00546. The fourth-order valence-electron chi connectivity index (χ4n) is 3.12. The SMILES string of the molecule is CCC[C@@H]1/C(=N/O)C[C@@H](c2ccco2)N[C@H]1c1ccco1.